The Morgan fingerprint density at radius 2 is 2.09 bits per heavy atom. The lowest BCUT2D eigenvalue weighted by Crippen LogP contribution is -2.51. The largest absolute Gasteiger partial charge is 0.492 e. The third-order valence-electron chi connectivity index (χ3n) is 4.85. The molecule has 1 saturated heterocycles. The number of carbonyl (C=O) groups excluding carboxylic acids is 2. The number of primary amides is 1. The number of carbonyl (C=O) groups is 2. The fourth-order valence-electron chi connectivity index (χ4n) is 3.40. The topological polar surface area (TPSA) is 72.6 Å². The van der Waals surface area contributed by atoms with Gasteiger partial charge in [0.2, 0.25) is 11.8 Å². The Morgan fingerprint density at radius 3 is 2.83 bits per heavy atom. The van der Waals surface area contributed by atoms with Gasteiger partial charge in [-0.25, -0.2) is 0 Å². The molecule has 0 aliphatic carbocycles. The van der Waals surface area contributed by atoms with E-state index < -0.39 is 0 Å². The van der Waals surface area contributed by atoms with Gasteiger partial charge in [0.05, 0.1) is 11.8 Å². The molecule has 2 amide bonds. The Labute approximate surface area is 140 Å². The van der Waals surface area contributed by atoms with Crippen molar-refractivity contribution in [2.45, 2.75) is 32.2 Å². The molecule has 6 heteroatoms. The average molecular weight is 337 g/mol. The van der Waals surface area contributed by atoms with Gasteiger partial charge >= 0.3 is 0 Å². The highest BCUT2D eigenvalue weighted by molar-refractivity contribution is 6.30. The number of piperidine rings is 1. The fourth-order valence-corrected chi connectivity index (χ4v) is 3.60. The highest BCUT2D eigenvalue weighted by Crippen LogP contribution is 2.32. The van der Waals surface area contributed by atoms with Crippen LogP contribution in [0.3, 0.4) is 0 Å². The van der Waals surface area contributed by atoms with Gasteiger partial charge in [-0.15, -0.1) is 0 Å². The molecule has 5 nitrogen and oxygen atoms in total. The highest BCUT2D eigenvalue weighted by atomic mass is 35.5. The van der Waals surface area contributed by atoms with E-state index in [4.69, 9.17) is 22.1 Å². The summed E-state index contributed by atoms with van der Waals surface area (Å²) in [6, 6.07) is 5.60. The van der Waals surface area contributed by atoms with Crippen LogP contribution in [0.2, 0.25) is 5.02 Å². The summed E-state index contributed by atoms with van der Waals surface area (Å²) in [6.45, 7) is 2.79. The van der Waals surface area contributed by atoms with Gasteiger partial charge in [0.25, 0.3) is 0 Å². The van der Waals surface area contributed by atoms with Crippen molar-refractivity contribution in [1.29, 1.82) is 0 Å². The van der Waals surface area contributed by atoms with E-state index in [2.05, 4.69) is 0 Å². The summed E-state index contributed by atoms with van der Waals surface area (Å²) in [5.41, 5.74) is 6.37. The van der Waals surface area contributed by atoms with Crippen LogP contribution in [0.25, 0.3) is 0 Å². The van der Waals surface area contributed by atoms with Crippen LogP contribution in [-0.4, -0.2) is 35.9 Å². The minimum Gasteiger partial charge on any atom is -0.492 e. The predicted molar refractivity (Wildman–Crippen MR) is 87.2 cm³/mol. The summed E-state index contributed by atoms with van der Waals surface area (Å²) in [5, 5.41) is 0.639. The summed E-state index contributed by atoms with van der Waals surface area (Å²) < 4.78 is 5.71. The summed E-state index contributed by atoms with van der Waals surface area (Å²) in [7, 11) is 0. The Morgan fingerprint density at radius 1 is 1.30 bits per heavy atom. The van der Waals surface area contributed by atoms with Crippen LogP contribution in [-0.2, 0) is 16.0 Å². The van der Waals surface area contributed by atoms with E-state index in [0.29, 0.717) is 24.6 Å². The van der Waals surface area contributed by atoms with Gasteiger partial charge in [-0.3, -0.25) is 9.59 Å². The van der Waals surface area contributed by atoms with E-state index in [9.17, 15) is 9.59 Å². The number of hydrogen-bond acceptors (Lipinski definition) is 3. The Bertz CT molecular complexity index is 634. The number of amides is 2. The van der Waals surface area contributed by atoms with Crippen molar-refractivity contribution in [3.8, 4) is 5.75 Å². The molecule has 124 valence electrons. The van der Waals surface area contributed by atoms with Crippen LogP contribution < -0.4 is 10.5 Å². The van der Waals surface area contributed by atoms with Crippen LogP contribution in [0.4, 0.5) is 0 Å². The molecule has 1 aromatic rings. The molecular formula is C17H21ClN2O3. The van der Waals surface area contributed by atoms with Crippen LogP contribution in [0.15, 0.2) is 18.2 Å². The molecule has 1 aromatic carbocycles. The molecule has 2 aliphatic heterocycles. The number of nitrogens with two attached hydrogens (primary N) is 1. The predicted octanol–water partition coefficient (Wildman–Crippen LogP) is 2.00. The quantitative estimate of drug-likeness (QED) is 0.897. The maximum atomic E-state index is 12.9. The third kappa shape index (κ3) is 3.29. The fraction of sp³-hybridized carbons (Fsp3) is 0.529. The number of rotatable bonds is 2. The van der Waals surface area contributed by atoms with Crippen molar-refractivity contribution >= 4 is 23.4 Å². The summed E-state index contributed by atoms with van der Waals surface area (Å²) >= 11 is 6.03. The molecule has 0 bridgehead atoms. The normalized spacial score (nSPS) is 27.0. The van der Waals surface area contributed by atoms with Gasteiger partial charge in [0, 0.05) is 17.6 Å². The van der Waals surface area contributed by atoms with Gasteiger partial charge in [-0.2, -0.15) is 0 Å². The minimum absolute atomic E-state index is 0.0362. The summed E-state index contributed by atoms with van der Waals surface area (Å²) in [6.07, 6.45) is 2.16. The molecule has 0 spiro atoms. The SMILES string of the molecule is C[C@@H]1CC[C@@H](C(N)=O)CN1C(=O)[C@@H]1COc2ccc(Cl)cc2C1. The first kappa shape index (κ1) is 16.1. The molecule has 0 aromatic heterocycles. The lowest BCUT2D eigenvalue weighted by atomic mass is 9.89. The van der Waals surface area contributed by atoms with Crippen LogP contribution >= 0.6 is 11.6 Å². The van der Waals surface area contributed by atoms with Crippen molar-refractivity contribution in [3.05, 3.63) is 28.8 Å². The Hall–Kier alpha value is -1.75. The molecule has 2 aliphatic rings. The monoisotopic (exact) mass is 336 g/mol. The number of benzene rings is 1. The second-order valence-electron chi connectivity index (χ2n) is 6.48. The molecule has 2 N–H and O–H groups in total. The van der Waals surface area contributed by atoms with Crippen LogP contribution in [0.5, 0.6) is 5.75 Å². The van der Waals surface area contributed by atoms with Crippen molar-refractivity contribution < 1.29 is 14.3 Å². The van der Waals surface area contributed by atoms with Crippen molar-refractivity contribution in [1.82, 2.24) is 4.90 Å². The van der Waals surface area contributed by atoms with Crippen LogP contribution in [0, 0.1) is 11.8 Å². The second-order valence-corrected chi connectivity index (χ2v) is 6.92. The smallest absolute Gasteiger partial charge is 0.229 e. The zero-order valence-electron chi connectivity index (χ0n) is 13.1. The summed E-state index contributed by atoms with van der Waals surface area (Å²) in [4.78, 5) is 26.1. The second kappa shape index (κ2) is 6.40. The van der Waals surface area contributed by atoms with E-state index in [1.165, 1.54) is 0 Å². The molecule has 0 unspecified atom stereocenters. The van der Waals surface area contributed by atoms with E-state index >= 15 is 0 Å². The standard InChI is InChI=1S/C17H21ClN2O3/c1-10-2-3-11(16(19)21)8-20(10)17(22)13-6-12-7-14(18)4-5-15(12)23-9-13/h4-5,7,10-11,13H,2-3,6,8-9H2,1H3,(H2,19,21)/t10-,11-,13+/m1/s1. The molecular weight excluding hydrogens is 316 g/mol. The van der Waals surface area contributed by atoms with Crippen molar-refractivity contribution in [2.75, 3.05) is 13.2 Å². The van der Waals surface area contributed by atoms with Gasteiger partial charge in [-0.1, -0.05) is 11.6 Å². The lowest BCUT2D eigenvalue weighted by Gasteiger charge is -2.39. The number of halogens is 1. The first-order valence-electron chi connectivity index (χ1n) is 7.96. The molecule has 3 atom stereocenters. The first-order valence-corrected chi connectivity index (χ1v) is 8.34. The minimum atomic E-state index is -0.327. The Kier molecular flexibility index (Phi) is 4.48. The first-order chi connectivity index (χ1) is 11.0. The van der Waals surface area contributed by atoms with Gasteiger partial charge < -0.3 is 15.4 Å². The average Bonchev–Trinajstić information content (AvgIpc) is 2.53. The number of likely N-dealkylation sites (tertiary alicyclic amines) is 1. The van der Waals surface area contributed by atoms with Crippen molar-refractivity contribution in [3.63, 3.8) is 0 Å². The van der Waals surface area contributed by atoms with E-state index in [1.807, 2.05) is 19.1 Å². The molecule has 2 heterocycles. The van der Waals surface area contributed by atoms with Gasteiger partial charge in [-0.05, 0) is 49.9 Å². The number of ether oxygens (including phenoxy) is 1. The molecule has 0 saturated carbocycles. The summed E-state index contributed by atoms with van der Waals surface area (Å²) in [5.74, 6) is 0.0115. The highest BCUT2D eigenvalue weighted by Gasteiger charge is 2.36. The van der Waals surface area contributed by atoms with E-state index in [0.717, 1.165) is 24.2 Å². The van der Waals surface area contributed by atoms with E-state index in [-0.39, 0.29) is 29.7 Å². The van der Waals surface area contributed by atoms with Crippen LogP contribution in [0.1, 0.15) is 25.3 Å². The van der Waals surface area contributed by atoms with Crippen molar-refractivity contribution in [2.24, 2.45) is 17.6 Å². The van der Waals surface area contributed by atoms with Gasteiger partial charge in [0.1, 0.15) is 12.4 Å². The number of fused-ring (bicyclic) bond motifs is 1. The molecule has 1 fully saturated rings. The molecule has 0 radical (unpaired) electrons. The van der Waals surface area contributed by atoms with E-state index in [1.54, 1.807) is 11.0 Å². The Balaban J connectivity index is 1.74. The zero-order chi connectivity index (χ0) is 16.6. The maximum Gasteiger partial charge on any atom is 0.229 e. The molecule has 23 heavy (non-hydrogen) atoms. The third-order valence-corrected chi connectivity index (χ3v) is 5.08. The molecule has 3 rings (SSSR count). The maximum absolute atomic E-state index is 12.9. The van der Waals surface area contributed by atoms with Gasteiger partial charge in [0.15, 0.2) is 0 Å². The zero-order valence-corrected chi connectivity index (χ0v) is 13.9. The number of hydrogen-bond donors (Lipinski definition) is 1. The number of nitrogens with zero attached hydrogens (tertiary/aromatic N) is 1. The lowest BCUT2D eigenvalue weighted by molar-refractivity contribution is -0.142.